The first kappa shape index (κ1) is 16.2. The summed E-state index contributed by atoms with van der Waals surface area (Å²) in [4.78, 5) is 28.8. The normalized spacial score (nSPS) is 13.9. The summed E-state index contributed by atoms with van der Waals surface area (Å²) in [6.07, 6.45) is 7.79. The minimum Gasteiger partial charge on any atom is -0.462 e. The fourth-order valence-corrected chi connectivity index (χ4v) is 3.05. The van der Waals surface area contributed by atoms with Gasteiger partial charge in [-0.15, -0.1) is 0 Å². The summed E-state index contributed by atoms with van der Waals surface area (Å²) in [7, 11) is 0. The highest BCUT2D eigenvalue weighted by Gasteiger charge is 2.20. The highest BCUT2D eigenvalue weighted by molar-refractivity contribution is 6.01. The van der Waals surface area contributed by atoms with E-state index < -0.39 is 5.97 Å². The second-order valence-corrected chi connectivity index (χ2v) is 5.81. The summed E-state index contributed by atoms with van der Waals surface area (Å²) in [5.74, 6) is -0.496. The quantitative estimate of drug-likeness (QED) is 0.634. The van der Waals surface area contributed by atoms with Gasteiger partial charge < -0.3 is 9.14 Å². The third-order valence-electron chi connectivity index (χ3n) is 4.13. The van der Waals surface area contributed by atoms with Gasteiger partial charge in [-0.3, -0.25) is 9.79 Å². The number of aromatic nitrogens is 1. The molecule has 0 unspecified atom stereocenters. The molecule has 5 nitrogen and oxygen atoms in total. The van der Waals surface area contributed by atoms with Gasteiger partial charge in [-0.2, -0.15) is 0 Å². The monoisotopic (exact) mass is 324 g/mol. The first-order valence-corrected chi connectivity index (χ1v) is 8.09. The number of ketones is 1. The summed E-state index contributed by atoms with van der Waals surface area (Å²) >= 11 is 0. The maximum Gasteiger partial charge on any atom is 0.338 e. The highest BCUT2D eigenvalue weighted by atomic mass is 16.5. The van der Waals surface area contributed by atoms with E-state index in [0.29, 0.717) is 23.4 Å². The van der Waals surface area contributed by atoms with Gasteiger partial charge in [0.1, 0.15) is 0 Å². The maximum absolute atomic E-state index is 12.2. The lowest BCUT2D eigenvalue weighted by Crippen LogP contribution is -2.13. The smallest absolute Gasteiger partial charge is 0.338 e. The Bertz CT molecular complexity index is 888. The third kappa shape index (κ3) is 2.77. The first-order chi connectivity index (χ1) is 11.5. The lowest BCUT2D eigenvalue weighted by atomic mass is 10.0. The Morgan fingerprint density at radius 2 is 2.08 bits per heavy atom. The van der Waals surface area contributed by atoms with Gasteiger partial charge in [0, 0.05) is 30.4 Å². The zero-order valence-electron chi connectivity index (χ0n) is 14.1. The van der Waals surface area contributed by atoms with Crippen molar-refractivity contribution in [3.8, 4) is 0 Å². The molecule has 3 heterocycles. The Hall–Kier alpha value is -2.69. The number of allylic oxidation sites excluding steroid dienone is 1. The SMILES string of the molecule is CCOC(=O)c1cc2cc(C3=CCCC=N3)cn2c(C(C)=O)c1C. The summed E-state index contributed by atoms with van der Waals surface area (Å²) in [6, 6.07) is 3.72. The van der Waals surface area contributed by atoms with Crippen LogP contribution in [0.1, 0.15) is 58.7 Å². The summed E-state index contributed by atoms with van der Waals surface area (Å²) in [5, 5.41) is 0. The number of esters is 1. The lowest BCUT2D eigenvalue weighted by Gasteiger charge is -2.12. The lowest BCUT2D eigenvalue weighted by molar-refractivity contribution is 0.0525. The van der Waals surface area contributed by atoms with Crippen LogP contribution in [0.15, 0.2) is 29.4 Å². The number of fused-ring (bicyclic) bond motifs is 1. The van der Waals surface area contributed by atoms with Crippen molar-refractivity contribution in [2.24, 2.45) is 4.99 Å². The average Bonchev–Trinajstić information content (AvgIpc) is 2.98. The van der Waals surface area contributed by atoms with Crippen LogP contribution in [0.2, 0.25) is 0 Å². The van der Waals surface area contributed by atoms with E-state index in [1.54, 1.807) is 19.9 Å². The molecule has 0 N–H and O–H groups in total. The van der Waals surface area contributed by atoms with E-state index in [1.807, 2.05) is 22.9 Å². The van der Waals surface area contributed by atoms with E-state index in [1.165, 1.54) is 6.92 Å². The number of nitrogens with zero attached hydrogens (tertiary/aromatic N) is 2. The highest BCUT2D eigenvalue weighted by Crippen LogP contribution is 2.27. The van der Waals surface area contributed by atoms with Crippen LogP contribution < -0.4 is 0 Å². The minimum atomic E-state index is -0.405. The van der Waals surface area contributed by atoms with Crippen molar-refractivity contribution >= 4 is 29.2 Å². The number of rotatable bonds is 4. The zero-order chi connectivity index (χ0) is 17.3. The molecule has 0 radical (unpaired) electrons. The van der Waals surface area contributed by atoms with E-state index in [4.69, 9.17) is 4.74 Å². The fraction of sp³-hybridized carbons (Fsp3) is 0.316. The number of pyridine rings is 1. The van der Waals surface area contributed by atoms with Crippen molar-refractivity contribution in [3.05, 3.63) is 46.8 Å². The molecule has 1 aliphatic heterocycles. The molecule has 2 aromatic rings. The van der Waals surface area contributed by atoms with Crippen LogP contribution in [0.3, 0.4) is 0 Å². The number of Topliss-reactive ketones (excluding diaryl/α,β-unsaturated/α-hetero) is 1. The molecule has 0 saturated carbocycles. The molecule has 0 saturated heterocycles. The van der Waals surface area contributed by atoms with Crippen LogP contribution in [-0.4, -0.2) is 29.0 Å². The second-order valence-electron chi connectivity index (χ2n) is 5.81. The summed E-state index contributed by atoms with van der Waals surface area (Å²) in [5.41, 5.74) is 4.19. The standard InChI is InChI=1S/C19H20N2O3/c1-4-24-19(23)16-10-15-9-14(17-7-5-6-8-20-17)11-21(15)18(12(16)2)13(3)22/h7-11H,4-6H2,1-3H3. The molecular weight excluding hydrogens is 304 g/mol. The van der Waals surface area contributed by atoms with E-state index in [-0.39, 0.29) is 5.78 Å². The van der Waals surface area contributed by atoms with E-state index in [2.05, 4.69) is 11.1 Å². The van der Waals surface area contributed by atoms with Gasteiger partial charge in [-0.1, -0.05) is 6.08 Å². The molecule has 3 rings (SSSR count). The van der Waals surface area contributed by atoms with Crippen molar-refractivity contribution in [1.82, 2.24) is 4.40 Å². The van der Waals surface area contributed by atoms with Crippen molar-refractivity contribution in [3.63, 3.8) is 0 Å². The van der Waals surface area contributed by atoms with Gasteiger partial charge in [0.05, 0.1) is 23.6 Å². The largest absolute Gasteiger partial charge is 0.462 e. The van der Waals surface area contributed by atoms with Crippen LogP contribution in [0.4, 0.5) is 0 Å². The van der Waals surface area contributed by atoms with Gasteiger partial charge in [-0.25, -0.2) is 4.79 Å². The number of hydrogen-bond acceptors (Lipinski definition) is 4. The van der Waals surface area contributed by atoms with Crippen molar-refractivity contribution in [2.45, 2.75) is 33.6 Å². The maximum atomic E-state index is 12.2. The molecule has 0 aromatic carbocycles. The number of ether oxygens (including phenoxy) is 1. The second kappa shape index (κ2) is 6.43. The van der Waals surface area contributed by atoms with Crippen molar-refractivity contribution < 1.29 is 14.3 Å². The molecule has 0 aliphatic carbocycles. The molecule has 2 aromatic heterocycles. The molecule has 0 fully saturated rings. The topological polar surface area (TPSA) is 60.1 Å². The Morgan fingerprint density at radius 3 is 2.71 bits per heavy atom. The van der Waals surface area contributed by atoms with Crippen LogP contribution in [0.25, 0.3) is 11.2 Å². The molecule has 0 bridgehead atoms. The zero-order valence-corrected chi connectivity index (χ0v) is 14.1. The summed E-state index contributed by atoms with van der Waals surface area (Å²) < 4.78 is 6.96. The van der Waals surface area contributed by atoms with E-state index in [0.717, 1.165) is 29.6 Å². The van der Waals surface area contributed by atoms with Gasteiger partial charge >= 0.3 is 5.97 Å². The molecule has 0 atom stereocenters. The number of carbonyl (C=O) groups excluding carboxylic acids is 2. The van der Waals surface area contributed by atoms with Gasteiger partial charge in [0.25, 0.3) is 0 Å². The Morgan fingerprint density at radius 1 is 1.29 bits per heavy atom. The molecule has 1 aliphatic rings. The number of aliphatic imine (C=N–C) groups is 1. The first-order valence-electron chi connectivity index (χ1n) is 8.09. The number of carbonyl (C=O) groups is 2. The van der Waals surface area contributed by atoms with Crippen LogP contribution in [0, 0.1) is 6.92 Å². The fourth-order valence-electron chi connectivity index (χ4n) is 3.05. The molecule has 124 valence electrons. The third-order valence-corrected chi connectivity index (χ3v) is 4.13. The molecule has 5 heteroatoms. The van der Waals surface area contributed by atoms with Gasteiger partial charge in [-0.05, 0) is 44.4 Å². The molecular formula is C19H20N2O3. The minimum absolute atomic E-state index is 0.0908. The number of hydrogen-bond donors (Lipinski definition) is 0. The Labute approximate surface area is 140 Å². The van der Waals surface area contributed by atoms with Crippen molar-refractivity contribution in [2.75, 3.05) is 6.61 Å². The van der Waals surface area contributed by atoms with E-state index in [9.17, 15) is 9.59 Å². The molecule has 0 amide bonds. The Balaban J connectivity index is 2.22. The average molecular weight is 324 g/mol. The van der Waals surface area contributed by atoms with Crippen molar-refractivity contribution in [1.29, 1.82) is 0 Å². The Kier molecular flexibility index (Phi) is 4.34. The predicted octanol–water partition coefficient (Wildman–Crippen LogP) is 3.83. The molecule has 0 spiro atoms. The van der Waals surface area contributed by atoms with Gasteiger partial charge in [0.2, 0.25) is 0 Å². The summed E-state index contributed by atoms with van der Waals surface area (Å²) in [6.45, 7) is 5.35. The molecule has 24 heavy (non-hydrogen) atoms. The van der Waals surface area contributed by atoms with E-state index >= 15 is 0 Å². The van der Waals surface area contributed by atoms with Gasteiger partial charge in [0.15, 0.2) is 5.78 Å². The predicted molar refractivity (Wildman–Crippen MR) is 93.8 cm³/mol. The van der Waals surface area contributed by atoms with Crippen LogP contribution >= 0.6 is 0 Å². The van der Waals surface area contributed by atoms with Crippen LogP contribution in [0.5, 0.6) is 0 Å². The van der Waals surface area contributed by atoms with Crippen LogP contribution in [-0.2, 0) is 4.74 Å².